The molecule has 1 aromatic heterocycles. The number of carbonyl (C=O) groups is 1. The van der Waals surface area contributed by atoms with Gasteiger partial charge in [-0.3, -0.25) is 4.79 Å². The van der Waals surface area contributed by atoms with Crippen LogP contribution in [0.25, 0.3) is 10.6 Å². The molecule has 2 rings (SSSR count). The van der Waals surface area contributed by atoms with Crippen molar-refractivity contribution in [1.82, 2.24) is 15.6 Å². The van der Waals surface area contributed by atoms with Gasteiger partial charge in [-0.2, -0.15) is 0 Å². The molecule has 0 aliphatic heterocycles. The van der Waals surface area contributed by atoms with E-state index in [0.29, 0.717) is 17.3 Å². The lowest BCUT2D eigenvalue weighted by atomic mass is 10.2. The van der Waals surface area contributed by atoms with Crippen LogP contribution in [0.4, 0.5) is 0 Å². The first-order valence-electron chi connectivity index (χ1n) is 6.35. The lowest BCUT2D eigenvalue weighted by Gasteiger charge is -2.02. The monoisotopic (exact) mass is 309 g/mol. The van der Waals surface area contributed by atoms with Crippen LogP contribution in [0.15, 0.2) is 29.6 Å². The minimum Gasteiger partial charge on any atom is -0.351 e. The Hall–Kier alpha value is -1.43. The van der Waals surface area contributed by atoms with Crippen LogP contribution < -0.4 is 10.6 Å². The fourth-order valence-corrected chi connectivity index (χ4v) is 2.81. The molecule has 1 aromatic carbocycles. The van der Waals surface area contributed by atoms with Gasteiger partial charge in [0, 0.05) is 17.5 Å². The highest BCUT2D eigenvalue weighted by molar-refractivity contribution is 7.13. The first-order chi connectivity index (χ1) is 9.72. The SMILES string of the molecule is CNCCCNC(=O)c1csc(-c2ccccc2Cl)n1. The Balaban J connectivity index is 2.02. The van der Waals surface area contributed by atoms with E-state index in [-0.39, 0.29) is 5.91 Å². The molecule has 0 radical (unpaired) electrons. The third-order valence-corrected chi connectivity index (χ3v) is 3.94. The second-order valence-corrected chi connectivity index (χ2v) is 5.50. The molecule has 0 spiro atoms. The minimum absolute atomic E-state index is 0.143. The Kier molecular flexibility index (Phi) is 5.52. The van der Waals surface area contributed by atoms with Gasteiger partial charge in [0.1, 0.15) is 10.7 Å². The fraction of sp³-hybridized carbons (Fsp3) is 0.286. The van der Waals surface area contributed by atoms with E-state index in [1.165, 1.54) is 11.3 Å². The van der Waals surface area contributed by atoms with Crippen LogP contribution in [0.5, 0.6) is 0 Å². The van der Waals surface area contributed by atoms with Crippen LogP contribution in [0, 0.1) is 0 Å². The largest absolute Gasteiger partial charge is 0.351 e. The molecule has 20 heavy (non-hydrogen) atoms. The summed E-state index contributed by atoms with van der Waals surface area (Å²) in [6.45, 7) is 1.51. The van der Waals surface area contributed by atoms with Gasteiger partial charge in [0.2, 0.25) is 0 Å². The summed E-state index contributed by atoms with van der Waals surface area (Å²) in [5.41, 5.74) is 1.29. The molecule has 0 aliphatic carbocycles. The van der Waals surface area contributed by atoms with Crippen molar-refractivity contribution >= 4 is 28.8 Å². The minimum atomic E-state index is -0.143. The van der Waals surface area contributed by atoms with Gasteiger partial charge in [-0.15, -0.1) is 11.3 Å². The van der Waals surface area contributed by atoms with Crippen LogP contribution in [-0.2, 0) is 0 Å². The molecule has 0 atom stereocenters. The number of amides is 1. The molecular weight excluding hydrogens is 294 g/mol. The molecule has 1 heterocycles. The summed E-state index contributed by atoms with van der Waals surface area (Å²) in [7, 11) is 1.89. The number of nitrogens with zero attached hydrogens (tertiary/aromatic N) is 1. The highest BCUT2D eigenvalue weighted by Gasteiger charge is 2.12. The fourth-order valence-electron chi connectivity index (χ4n) is 1.69. The Morgan fingerprint density at radius 1 is 1.35 bits per heavy atom. The van der Waals surface area contributed by atoms with E-state index < -0.39 is 0 Å². The van der Waals surface area contributed by atoms with Gasteiger partial charge >= 0.3 is 0 Å². The van der Waals surface area contributed by atoms with Crippen LogP contribution in [0.1, 0.15) is 16.9 Å². The third kappa shape index (κ3) is 3.79. The number of hydrogen-bond donors (Lipinski definition) is 2. The number of carbonyl (C=O) groups excluding carboxylic acids is 1. The van der Waals surface area contributed by atoms with Crippen molar-refractivity contribution in [3.05, 3.63) is 40.4 Å². The Morgan fingerprint density at radius 3 is 2.90 bits per heavy atom. The molecule has 1 amide bonds. The second-order valence-electron chi connectivity index (χ2n) is 4.23. The molecular formula is C14H16ClN3OS. The molecule has 4 nitrogen and oxygen atoms in total. The first kappa shape index (κ1) is 15.0. The molecule has 2 aromatic rings. The second kappa shape index (κ2) is 7.38. The van der Waals surface area contributed by atoms with E-state index in [0.717, 1.165) is 23.5 Å². The summed E-state index contributed by atoms with van der Waals surface area (Å²) in [4.78, 5) is 16.3. The van der Waals surface area contributed by atoms with Crippen molar-refractivity contribution in [2.45, 2.75) is 6.42 Å². The van der Waals surface area contributed by atoms with Crippen LogP contribution >= 0.6 is 22.9 Å². The maximum Gasteiger partial charge on any atom is 0.270 e. The summed E-state index contributed by atoms with van der Waals surface area (Å²) in [5, 5.41) is 9.04. The van der Waals surface area contributed by atoms with Gasteiger partial charge in [0.05, 0.1) is 5.02 Å². The molecule has 0 aliphatic rings. The zero-order valence-corrected chi connectivity index (χ0v) is 12.7. The summed E-state index contributed by atoms with van der Waals surface area (Å²) in [6.07, 6.45) is 0.893. The average molecular weight is 310 g/mol. The van der Waals surface area contributed by atoms with Gasteiger partial charge in [0.15, 0.2) is 0 Å². The van der Waals surface area contributed by atoms with Gasteiger partial charge in [-0.05, 0) is 26.1 Å². The van der Waals surface area contributed by atoms with Gasteiger partial charge in [-0.25, -0.2) is 4.98 Å². The number of nitrogens with one attached hydrogen (secondary N) is 2. The van der Waals surface area contributed by atoms with Gasteiger partial charge in [-0.1, -0.05) is 29.8 Å². The van der Waals surface area contributed by atoms with Gasteiger partial charge in [0.25, 0.3) is 5.91 Å². The van der Waals surface area contributed by atoms with Crippen LogP contribution in [0.2, 0.25) is 5.02 Å². The summed E-state index contributed by atoms with van der Waals surface area (Å²) in [6, 6.07) is 7.49. The summed E-state index contributed by atoms with van der Waals surface area (Å²) < 4.78 is 0. The lowest BCUT2D eigenvalue weighted by molar-refractivity contribution is 0.0949. The highest BCUT2D eigenvalue weighted by atomic mass is 35.5. The van der Waals surface area contributed by atoms with E-state index in [1.54, 1.807) is 5.38 Å². The number of halogens is 1. The number of thiazole rings is 1. The van der Waals surface area contributed by atoms with Crippen LogP contribution in [-0.4, -0.2) is 31.0 Å². The van der Waals surface area contributed by atoms with Crippen molar-refractivity contribution in [3.8, 4) is 10.6 Å². The van der Waals surface area contributed by atoms with E-state index in [4.69, 9.17) is 11.6 Å². The van der Waals surface area contributed by atoms with Crippen molar-refractivity contribution in [2.75, 3.05) is 20.1 Å². The standard InChI is InChI=1S/C14H16ClN3OS/c1-16-7-4-8-17-13(19)12-9-20-14(18-12)10-5-2-3-6-11(10)15/h2-3,5-6,9,16H,4,7-8H2,1H3,(H,17,19). The zero-order valence-electron chi connectivity index (χ0n) is 11.1. The van der Waals surface area contributed by atoms with Crippen molar-refractivity contribution in [1.29, 1.82) is 0 Å². The molecule has 106 valence electrons. The molecule has 0 saturated heterocycles. The highest BCUT2D eigenvalue weighted by Crippen LogP contribution is 2.29. The van der Waals surface area contributed by atoms with E-state index in [9.17, 15) is 4.79 Å². The number of hydrogen-bond acceptors (Lipinski definition) is 4. The summed E-state index contributed by atoms with van der Waals surface area (Å²) in [5.74, 6) is -0.143. The lowest BCUT2D eigenvalue weighted by Crippen LogP contribution is -2.26. The predicted molar refractivity (Wildman–Crippen MR) is 83.4 cm³/mol. The molecule has 0 saturated carbocycles. The van der Waals surface area contributed by atoms with Crippen molar-refractivity contribution in [2.24, 2.45) is 0 Å². The molecule has 6 heteroatoms. The van der Waals surface area contributed by atoms with Crippen molar-refractivity contribution in [3.63, 3.8) is 0 Å². The topological polar surface area (TPSA) is 54.0 Å². The normalized spacial score (nSPS) is 10.5. The molecule has 2 N–H and O–H groups in total. The number of benzene rings is 1. The number of rotatable bonds is 6. The van der Waals surface area contributed by atoms with E-state index >= 15 is 0 Å². The van der Waals surface area contributed by atoms with E-state index in [2.05, 4.69) is 15.6 Å². The number of aromatic nitrogens is 1. The van der Waals surface area contributed by atoms with E-state index in [1.807, 2.05) is 31.3 Å². The summed E-state index contributed by atoms with van der Waals surface area (Å²) >= 11 is 7.55. The van der Waals surface area contributed by atoms with Crippen molar-refractivity contribution < 1.29 is 4.79 Å². The Labute approximate surface area is 127 Å². The average Bonchev–Trinajstić information content (AvgIpc) is 2.93. The van der Waals surface area contributed by atoms with Crippen LogP contribution in [0.3, 0.4) is 0 Å². The maximum absolute atomic E-state index is 11.9. The molecule has 0 bridgehead atoms. The smallest absolute Gasteiger partial charge is 0.270 e. The molecule has 0 fully saturated rings. The predicted octanol–water partition coefficient (Wildman–Crippen LogP) is 2.80. The molecule has 0 unspecified atom stereocenters. The Morgan fingerprint density at radius 2 is 2.15 bits per heavy atom. The Bertz CT molecular complexity index is 585. The quantitative estimate of drug-likeness (QED) is 0.807. The zero-order chi connectivity index (χ0) is 14.4. The van der Waals surface area contributed by atoms with Gasteiger partial charge < -0.3 is 10.6 Å². The first-order valence-corrected chi connectivity index (χ1v) is 7.61. The maximum atomic E-state index is 11.9. The third-order valence-electron chi connectivity index (χ3n) is 2.73.